The van der Waals surface area contributed by atoms with Crippen LogP contribution in [0.25, 0.3) is 99.6 Å². The molecule has 0 aliphatic carbocycles. The van der Waals surface area contributed by atoms with E-state index in [4.69, 9.17) is 29.9 Å². The van der Waals surface area contributed by atoms with Crippen LogP contribution in [-0.2, 0) is 0 Å². The number of benzene rings is 7. The minimum absolute atomic E-state index is 0.618. The normalized spacial score (nSPS) is 11.3. The van der Waals surface area contributed by atoms with Gasteiger partial charge < -0.3 is 0 Å². The standard InChI is InChI=1S/C48H30N6S/c1-5-15-31(16-6-1)32-27-29-36(30-28-32)46-50-45(35-21-11-4-12-22-35)53-48(54-46)39-25-13-23-37-41-38(24-14-26-40(41)55-42(37)39)47-51-43(33-17-7-2-8-18-33)49-44(52-47)34-19-9-3-10-20-34/h1-30H. The van der Waals surface area contributed by atoms with Crippen LogP contribution >= 0.6 is 11.3 Å². The molecule has 258 valence electrons. The van der Waals surface area contributed by atoms with Crippen molar-refractivity contribution in [2.75, 3.05) is 0 Å². The first-order valence-corrected chi connectivity index (χ1v) is 18.9. The largest absolute Gasteiger partial charge is 0.208 e. The molecule has 10 aromatic rings. The third kappa shape index (κ3) is 6.22. The molecule has 0 fully saturated rings. The summed E-state index contributed by atoms with van der Waals surface area (Å²) in [5.41, 5.74) is 7.90. The Morgan fingerprint density at radius 3 is 1.15 bits per heavy atom. The molecule has 0 spiro atoms. The SMILES string of the molecule is c1ccc(-c2ccc(-c3nc(-c4ccccc4)nc(-c4cccc5c4sc4cccc(-c6nc(-c7ccccc7)nc(-c7ccccc7)n6)c45)n3)cc2)cc1. The highest BCUT2D eigenvalue weighted by molar-refractivity contribution is 7.26. The van der Waals surface area contributed by atoms with E-state index in [-0.39, 0.29) is 0 Å². The van der Waals surface area contributed by atoms with Crippen LogP contribution in [0.5, 0.6) is 0 Å². The van der Waals surface area contributed by atoms with Gasteiger partial charge in [-0.1, -0.05) is 170 Å². The van der Waals surface area contributed by atoms with E-state index in [0.717, 1.165) is 64.7 Å². The molecule has 0 radical (unpaired) electrons. The van der Waals surface area contributed by atoms with Crippen LogP contribution in [0.2, 0.25) is 0 Å². The monoisotopic (exact) mass is 722 g/mol. The van der Waals surface area contributed by atoms with Gasteiger partial charge in [0.1, 0.15) is 0 Å². The van der Waals surface area contributed by atoms with Crippen molar-refractivity contribution < 1.29 is 0 Å². The Hall–Kier alpha value is -7.22. The average molecular weight is 723 g/mol. The summed E-state index contributed by atoms with van der Waals surface area (Å²) >= 11 is 1.72. The lowest BCUT2D eigenvalue weighted by atomic mass is 10.0. The highest BCUT2D eigenvalue weighted by Gasteiger charge is 2.20. The molecule has 0 unspecified atom stereocenters. The Labute approximate surface area is 321 Å². The summed E-state index contributed by atoms with van der Waals surface area (Å²) in [6.45, 7) is 0. The number of hydrogen-bond donors (Lipinski definition) is 0. The highest BCUT2D eigenvalue weighted by atomic mass is 32.1. The summed E-state index contributed by atoms with van der Waals surface area (Å²) in [5.74, 6) is 3.74. The second kappa shape index (κ2) is 14.0. The molecule has 10 rings (SSSR count). The second-order valence-corrected chi connectivity index (χ2v) is 14.2. The van der Waals surface area contributed by atoms with Crippen LogP contribution < -0.4 is 0 Å². The smallest absolute Gasteiger partial charge is 0.165 e. The molecule has 7 heteroatoms. The maximum Gasteiger partial charge on any atom is 0.165 e. The van der Waals surface area contributed by atoms with Crippen molar-refractivity contribution in [2.24, 2.45) is 0 Å². The zero-order chi connectivity index (χ0) is 36.6. The van der Waals surface area contributed by atoms with Crippen molar-refractivity contribution in [3.63, 3.8) is 0 Å². The van der Waals surface area contributed by atoms with E-state index >= 15 is 0 Å². The number of thiophene rings is 1. The molecule has 3 heterocycles. The van der Waals surface area contributed by atoms with Gasteiger partial charge in [0.05, 0.1) is 0 Å². The summed E-state index contributed by atoms with van der Waals surface area (Å²) in [4.78, 5) is 30.3. The number of hydrogen-bond acceptors (Lipinski definition) is 7. The fourth-order valence-corrected chi connectivity index (χ4v) is 8.16. The number of nitrogens with zero attached hydrogens (tertiary/aromatic N) is 6. The molecule has 3 aromatic heterocycles. The lowest BCUT2D eigenvalue weighted by Gasteiger charge is -2.10. The second-order valence-electron chi connectivity index (χ2n) is 13.1. The van der Waals surface area contributed by atoms with Crippen LogP contribution in [0.3, 0.4) is 0 Å². The molecule has 0 saturated heterocycles. The quantitative estimate of drug-likeness (QED) is 0.163. The number of rotatable bonds is 7. The van der Waals surface area contributed by atoms with E-state index < -0.39 is 0 Å². The third-order valence-electron chi connectivity index (χ3n) is 9.62. The first-order valence-electron chi connectivity index (χ1n) is 18.0. The molecule has 0 atom stereocenters. The Morgan fingerprint density at radius 1 is 0.273 bits per heavy atom. The van der Waals surface area contributed by atoms with Crippen LogP contribution in [0, 0.1) is 0 Å². The van der Waals surface area contributed by atoms with Gasteiger partial charge in [0.2, 0.25) is 0 Å². The van der Waals surface area contributed by atoms with E-state index in [0.29, 0.717) is 34.9 Å². The number of aromatic nitrogens is 6. The van der Waals surface area contributed by atoms with Crippen LogP contribution in [-0.4, -0.2) is 29.9 Å². The third-order valence-corrected chi connectivity index (χ3v) is 10.8. The first kappa shape index (κ1) is 32.4. The molecule has 7 aromatic carbocycles. The molecule has 0 saturated carbocycles. The van der Waals surface area contributed by atoms with Crippen molar-refractivity contribution in [3.05, 3.63) is 182 Å². The summed E-state index contributed by atoms with van der Waals surface area (Å²) in [7, 11) is 0. The molecule has 0 N–H and O–H groups in total. The lowest BCUT2D eigenvalue weighted by Crippen LogP contribution is -2.00. The van der Waals surface area contributed by atoms with Crippen molar-refractivity contribution in [2.45, 2.75) is 0 Å². The molecule has 0 bridgehead atoms. The summed E-state index contributed by atoms with van der Waals surface area (Å²) < 4.78 is 2.21. The van der Waals surface area contributed by atoms with E-state index in [1.54, 1.807) is 11.3 Å². The van der Waals surface area contributed by atoms with Gasteiger partial charge in [0.25, 0.3) is 0 Å². The lowest BCUT2D eigenvalue weighted by molar-refractivity contribution is 1.08. The van der Waals surface area contributed by atoms with Gasteiger partial charge in [0, 0.05) is 53.6 Å². The van der Waals surface area contributed by atoms with Crippen molar-refractivity contribution >= 4 is 31.5 Å². The minimum atomic E-state index is 0.618. The zero-order valence-electron chi connectivity index (χ0n) is 29.4. The molecular formula is C48H30N6S. The molecular weight excluding hydrogens is 693 g/mol. The van der Waals surface area contributed by atoms with Gasteiger partial charge in [-0.05, 0) is 23.3 Å². The van der Waals surface area contributed by atoms with Crippen molar-refractivity contribution in [1.82, 2.24) is 29.9 Å². The molecule has 0 aliphatic rings. The number of fused-ring (bicyclic) bond motifs is 3. The van der Waals surface area contributed by atoms with Crippen LogP contribution in [0.15, 0.2) is 182 Å². The van der Waals surface area contributed by atoms with Gasteiger partial charge >= 0.3 is 0 Å². The predicted molar refractivity (Wildman–Crippen MR) is 224 cm³/mol. The highest BCUT2D eigenvalue weighted by Crippen LogP contribution is 2.43. The maximum atomic E-state index is 5.14. The van der Waals surface area contributed by atoms with Gasteiger partial charge in [-0.15, -0.1) is 11.3 Å². The minimum Gasteiger partial charge on any atom is -0.208 e. The zero-order valence-corrected chi connectivity index (χ0v) is 30.2. The fourth-order valence-electron chi connectivity index (χ4n) is 6.92. The van der Waals surface area contributed by atoms with E-state index in [9.17, 15) is 0 Å². The molecule has 0 amide bonds. The van der Waals surface area contributed by atoms with E-state index in [1.807, 2.05) is 97.1 Å². The Kier molecular flexibility index (Phi) is 8.24. The molecule has 6 nitrogen and oxygen atoms in total. The maximum absolute atomic E-state index is 5.14. The van der Waals surface area contributed by atoms with Gasteiger partial charge in [-0.25, -0.2) is 29.9 Å². The van der Waals surface area contributed by atoms with Crippen molar-refractivity contribution in [3.8, 4) is 79.5 Å². The van der Waals surface area contributed by atoms with Crippen LogP contribution in [0.4, 0.5) is 0 Å². The summed E-state index contributed by atoms with van der Waals surface area (Å²) in [6.07, 6.45) is 0. The summed E-state index contributed by atoms with van der Waals surface area (Å²) in [6, 6.07) is 61.7. The molecule has 55 heavy (non-hydrogen) atoms. The Balaban J connectivity index is 1.14. The fraction of sp³-hybridized carbons (Fsp3) is 0. The van der Waals surface area contributed by atoms with Gasteiger partial charge in [-0.2, -0.15) is 0 Å². The van der Waals surface area contributed by atoms with E-state index in [2.05, 4.69) is 84.9 Å². The molecule has 0 aliphatic heterocycles. The van der Waals surface area contributed by atoms with Gasteiger partial charge in [0.15, 0.2) is 34.9 Å². The topological polar surface area (TPSA) is 77.3 Å². The average Bonchev–Trinajstić information content (AvgIpc) is 3.67. The first-order chi connectivity index (χ1) is 27.2. The Morgan fingerprint density at radius 2 is 0.636 bits per heavy atom. The van der Waals surface area contributed by atoms with Crippen LogP contribution in [0.1, 0.15) is 0 Å². The van der Waals surface area contributed by atoms with E-state index in [1.165, 1.54) is 0 Å². The summed E-state index contributed by atoms with van der Waals surface area (Å²) in [5, 5.41) is 2.18. The Bertz CT molecular complexity index is 2890. The van der Waals surface area contributed by atoms with Gasteiger partial charge in [-0.3, -0.25) is 0 Å². The van der Waals surface area contributed by atoms with Crippen molar-refractivity contribution in [1.29, 1.82) is 0 Å². The predicted octanol–water partition coefficient (Wildman–Crippen LogP) is 12.1.